The molecule has 1 rings (SSSR count). The van der Waals surface area contributed by atoms with E-state index in [1.54, 1.807) is 13.0 Å². The fourth-order valence-electron chi connectivity index (χ4n) is 1.56. The van der Waals surface area contributed by atoms with E-state index in [0.717, 1.165) is 5.75 Å². The monoisotopic (exact) mass is 262 g/mol. The van der Waals surface area contributed by atoms with Gasteiger partial charge in [0.1, 0.15) is 12.4 Å². The van der Waals surface area contributed by atoms with Crippen molar-refractivity contribution in [2.24, 2.45) is 0 Å². The molecule has 0 aliphatic rings. The van der Waals surface area contributed by atoms with Crippen molar-refractivity contribution in [3.05, 3.63) is 41.5 Å². The zero-order chi connectivity index (χ0) is 14.5. The maximum Gasteiger partial charge on any atom is 0.333 e. The normalized spacial score (nSPS) is 12.2. The van der Waals surface area contributed by atoms with Crippen LogP contribution in [0.5, 0.6) is 5.75 Å². The number of carbonyl (C=O) groups excluding carboxylic acids is 1. The SMILES string of the molecule is COC(=O)C(C)=CCOc1ccc(C(C)(C)C)cc1. The number of hydrogen-bond donors (Lipinski definition) is 0. The van der Waals surface area contributed by atoms with Gasteiger partial charge < -0.3 is 9.47 Å². The molecule has 1 aromatic rings. The van der Waals surface area contributed by atoms with E-state index in [0.29, 0.717) is 12.2 Å². The van der Waals surface area contributed by atoms with E-state index in [4.69, 9.17) is 4.74 Å². The van der Waals surface area contributed by atoms with Crippen molar-refractivity contribution in [2.75, 3.05) is 13.7 Å². The lowest BCUT2D eigenvalue weighted by Crippen LogP contribution is -2.10. The quantitative estimate of drug-likeness (QED) is 0.615. The molecule has 104 valence electrons. The van der Waals surface area contributed by atoms with Gasteiger partial charge in [0, 0.05) is 5.57 Å². The number of rotatable bonds is 4. The van der Waals surface area contributed by atoms with E-state index < -0.39 is 0 Å². The van der Waals surface area contributed by atoms with Crippen LogP contribution in [0.3, 0.4) is 0 Å². The molecule has 0 atom stereocenters. The molecule has 19 heavy (non-hydrogen) atoms. The maximum absolute atomic E-state index is 11.2. The van der Waals surface area contributed by atoms with E-state index >= 15 is 0 Å². The summed E-state index contributed by atoms with van der Waals surface area (Å²) >= 11 is 0. The van der Waals surface area contributed by atoms with Gasteiger partial charge in [0.15, 0.2) is 0 Å². The Morgan fingerprint density at radius 1 is 1.21 bits per heavy atom. The van der Waals surface area contributed by atoms with Crippen molar-refractivity contribution < 1.29 is 14.3 Å². The van der Waals surface area contributed by atoms with Gasteiger partial charge in [-0.1, -0.05) is 32.9 Å². The first-order chi connectivity index (χ1) is 8.84. The molecule has 0 N–H and O–H groups in total. The number of ether oxygens (including phenoxy) is 2. The summed E-state index contributed by atoms with van der Waals surface area (Å²) in [6, 6.07) is 8.02. The van der Waals surface area contributed by atoms with Crippen LogP contribution >= 0.6 is 0 Å². The van der Waals surface area contributed by atoms with Gasteiger partial charge in [0.2, 0.25) is 0 Å². The molecular formula is C16H22O3. The lowest BCUT2D eigenvalue weighted by Gasteiger charge is -2.19. The highest BCUT2D eigenvalue weighted by Crippen LogP contribution is 2.24. The minimum absolute atomic E-state index is 0.139. The molecule has 0 spiro atoms. The minimum atomic E-state index is -0.327. The topological polar surface area (TPSA) is 35.5 Å². The van der Waals surface area contributed by atoms with E-state index in [1.807, 2.05) is 12.1 Å². The average Bonchev–Trinajstić information content (AvgIpc) is 2.37. The Labute approximate surface area is 115 Å². The summed E-state index contributed by atoms with van der Waals surface area (Å²) < 4.78 is 10.2. The van der Waals surface area contributed by atoms with Crippen molar-refractivity contribution in [1.29, 1.82) is 0 Å². The van der Waals surface area contributed by atoms with Crippen LogP contribution in [0.25, 0.3) is 0 Å². The molecule has 0 aliphatic heterocycles. The number of esters is 1. The third-order valence-electron chi connectivity index (χ3n) is 2.87. The van der Waals surface area contributed by atoms with E-state index in [-0.39, 0.29) is 11.4 Å². The Morgan fingerprint density at radius 2 is 1.79 bits per heavy atom. The molecule has 0 radical (unpaired) electrons. The van der Waals surface area contributed by atoms with Gasteiger partial charge in [-0.05, 0) is 36.1 Å². The zero-order valence-corrected chi connectivity index (χ0v) is 12.3. The van der Waals surface area contributed by atoms with Crippen molar-refractivity contribution >= 4 is 5.97 Å². The molecule has 3 nitrogen and oxygen atoms in total. The second-order valence-corrected chi connectivity index (χ2v) is 5.46. The molecule has 0 saturated carbocycles. The minimum Gasteiger partial charge on any atom is -0.490 e. The first-order valence-electron chi connectivity index (χ1n) is 6.33. The van der Waals surface area contributed by atoms with Crippen LogP contribution in [-0.4, -0.2) is 19.7 Å². The van der Waals surface area contributed by atoms with Crippen LogP contribution < -0.4 is 4.74 Å². The smallest absolute Gasteiger partial charge is 0.333 e. The Kier molecular flexibility index (Phi) is 5.16. The van der Waals surface area contributed by atoms with Gasteiger partial charge in [0.05, 0.1) is 7.11 Å². The first kappa shape index (κ1) is 15.3. The maximum atomic E-state index is 11.2. The van der Waals surface area contributed by atoms with Crippen molar-refractivity contribution in [3.63, 3.8) is 0 Å². The fourth-order valence-corrected chi connectivity index (χ4v) is 1.56. The Hall–Kier alpha value is -1.77. The van der Waals surface area contributed by atoms with E-state index in [2.05, 4.69) is 37.6 Å². The van der Waals surface area contributed by atoms with Gasteiger partial charge in [-0.15, -0.1) is 0 Å². The largest absolute Gasteiger partial charge is 0.490 e. The van der Waals surface area contributed by atoms with Gasteiger partial charge >= 0.3 is 5.97 Å². The Morgan fingerprint density at radius 3 is 2.26 bits per heavy atom. The van der Waals surface area contributed by atoms with Crippen LogP contribution in [0.15, 0.2) is 35.9 Å². The number of benzene rings is 1. The predicted octanol–water partition coefficient (Wildman–Crippen LogP) is 3.48. The second kappa shape index (κ2) is 6.41. The summed E-state index contributed by atoms with van der Waals surface area (Å²) in [5, 5.41) is 0. The molecule has 0 aliphatic carbocycles. The predicted molar refractivity (Wildman–Crippen MR) is 76.4 cm³/mol. The summed E-state index contributed by atoms with van der Waals surface area (Å²) in [6.07, 6.45) is 1.71. The van der Waals surface area contributed by atoms with Gasteiger partial charge in [0.25, 0.3) is 0 Å². The zero-order valence-electron chi connectivity index (χ0n) is 12.3. The molecule has 0 aromatic heterocycles. The van der Waals surface area contributed by atoms with Crippen molar-refractivity contribution in [1.82, 2.24) is 0 Å². The van der Waals surface area contributed by atoms with Gasteiger partial charge in [-0.3, -0.25) is 0 Å². The summed E-state index contributed by atoms with van der Waals surface area (Å²) in [5.74, 6) is 0.466. The molecule has 0 amide bonds. The van der Waals surface area contributed by atoms with E-state index in [1.165, 1.54) is 12.7 Å². The lowest BCUT2D eigenvalue weighted by atomic mass is 9.87. The second-order valence-electron chi connectivity index (χ2n) is 5.46. The van der Waals surface area contributed by atoms with Crippen molar-refractivity contribution in [3.8, 4) is 5.75 Å². The molecule has 0 heterocycles. The third kappa shape index (κ3) is 4.78. The first-order valence-corrected chi connectivity index (χ1v) is 6.33. The van der Waals surface area contributed by atoms with Crippen LogP contribution in [0.2, 0.25) is 0 Å². The number of carbonyl (C=O) groups is 1. The summed E-state index contributed by atoms with van der Waals surface area (Å²) in [7, 11) is 1.37. The van der Waals surface area contributed by atoms with Crippen molar-refractivity contribution in [2.45, 2.75) is 33.1 Å². The standard InChI is InChI=1S/C16H22O3/c1-12(15(17)18-5)10-11-19-14-8-6-13(7-9-14)16(2,3)4/h6-10H,11H2,1-5H3. The molecule has 3 heteroatoms. The van der Waals surface area contributed by atoms with Crippen LogP contribution in [0.4, 0.5) is 0 Å². The number of methoxy groups -OCH3 is 1. The third-order valence-corrected chi connectivity index (χ3v) is 2.87. The molecular weight excluding hydrogens is 240 g/mol. The highest BCUT2D eigenvalue weighted by atomic mass is 16.5. The van der Waals surface area contributed by atoms with E-state index in [9.17, 15) is 4.79 Å². The highest BCUT2D eigenvalue weighted by molar-refractivity contribution is 5.87. The fraction of sp³-hybridized carbons (Fsp3) is 0.438. The summed E-state index contributed by atoms with van der Waals surface area (Å²) in [6.45, 7) is 8.58. The Bertz CT molecular complexity index is 450. The molecule has 0 bridgehead atoms. The Balaban J connectivity index is 2.58. The number of hydrogen-bond acceptors (Lipinski definition) is 3. The summed E-state index contributed by atoms with van der Waals surface area (Å²) in [4.78, 5) is 11.2. The summed E-state index contributed by atoms with van der Waals surface area (Å²) in [5.41, 5.74) is 1.95. The molecule has 0 unspecified atom stereocenters. The van der Waals surface area contributed by atoms with Crippen LogP contribution in [0.1, 0.15) is 33.3 Å². The van der Waals surface area contributed by atoms with Crippen LogP contribution in [-0.2, 0) is 14.9 Å². The molecule has 1 aromatic carbocycles. The lowest BCUT2D eigenvalue weighted by molar-refractivity contribution is -0.136. The highest BCUT2D eigenvalue weighted by Gasteiger charge is 2.12. The molecule has 0 fully saturated rings. The average molecular weight is 262 g/mol. The van der Waals surface area contributed by atoms with Gasteiger partial charge in [-0.25, -0.2) is 4.79 Å². The van der Waals surface area contributed by atoms with Gasteiger partial charge in [-0.2, -0.15) is 0 Å². The van der Waals surface area contributed by atoms with Crippen LogP contribution in [0, 0.1) is 0 Å². The molecule has 0 saturated heterocycles.